The molecule has 26 heavy (non-hydrogen) atoms. The number of hydrogen-bond donors (Lipinski definition) is 1. The molecular weight excluding hydrogens is 337 g/mol. The Morgan fingerprint density at radius 2 is 1.85 bits per heavy atom. The van der Waals surface area contributed by atoms with Gasteiger partial charge >= 0.3 is 5.97 Å². The molecule has 0 aromatic heterocycles. The van der Waals surface area contributed by atoms with Crippen molar-refractivity contribution < 1.29 is 23.5 Å². The zero-order valence-electron chi connectivity index (χ0n) is 14.4. The number of para-hydroxylation sites is 1. The first kappa shape index (κ1) is 17.9. The van der Waals surface area contributed by atoms with Crippen molar-refractivity contribution in [3.05, 3.63) is 65.5 Å². The minimum absolute atomic E-state index is 0.183. The summed E-state index contributed by atoms with van der Waals surface area (Å²) in [6, 6.07) is 12.8. The molecule has 1 aliphatic carbocycles. The molecule has 136 valence electrons. The van der Waals surface area contributed by atoms with Gasteiger partial charge in [-0.15, -0.1) is 0 Å². The summed E-state index contributed by atoms with van der Waals surface area (Å²) in [5.74, 6) is -0.906. The Bertz CT molecular complexity index is 787. The highest BCUT2D eigenvalue weighted by Gasteiger charge is 2.28. The van der Waals surface area contributed by atoms with Crippen molar-refractivity contribution in [1.29, 1.82) is 0 Å². The number of hydrogen-bond acceptors (Lipinski definition) is 4. The summed E-state index contributed by atoms with van der Waals surface area (Å²) in [7, 11) is 0. The summed E-state index contributed by atoms with van der Waals surface area (Å²) in [4.78, 5) is 24.3. The number of carbonyl (C=O) groups excluding carboxylic acids is 2. The van der Waals surface area contributed by atoms with Crippen LogP contribution in [0.1, 0.15) is 35.7 Å². The van der Waals surface area contributed by atoms with Crippen LogP contribution in [0.4, 0.5) is 4.39 Å². The molecule has 1 saturated carbocycles. The Hall–Kier alpha value is -2.89. The average Bonchev–Trinajstić information content (AvgIpc) is 3.45. The molecule has 1 atom stereocenters. The van der Waals surface area contributed by atoms with E-state index in [-0.39, 0.29) is 29.9 Å². The average molecular weight is 357 g/mol. The Morgan fingerprint density at radius 1 is 1.15 bits per heavy atom. The lowest BCUT2D eigenvalue weighted by Crippen LogP contribution is -2.37. The van der Waals surface area contributed by atoms with Gasteiger partial charge in [0, 0.05) is 6.04 Å². The Labute approximate surface area is 151 Å². The molecule has 0 saturated heterocycles. The molecule has 0 spiro atoms. The number of esters is 1. The molecule has 0 radical (unpaired) electrons. The van der Waals surface area contributed by atoms with Crippen molar-refractivity contribution in [2.45, 2.75) is 38.5 Å². The van der Waals surface area contributed by atoms with Crippen LogP contribution in [0.2, 0.25) is 0 Å². The van der Waals surface area contributed by atoms with Gasteiger partial charge in [0.25, 0.3) is 5.91 Å². The second-order valence-electron chi connectivity index (χ2n) is 6.24. The summed E-state index contributed by atoms with van der Waals surface area (Å²) >= 11 is 0. The fourth-order valence-corrected chi connectivity index (χ4v) is 2.33. The number of halogens is 1. The van der Waals surface area contributed by atoms with Crippen molar-refractivity contribution in [2.24, 2.45) is 0 Å². The summed E-state index contributed by atoms with van der Waals surface area (Å²) in [6.45, 7) is 1.72. The number of nitrogens with one attached hydrogen (secondary N) is 1. The predicted molar refractivity (Wildman–Crippen MR) is 93.2 cm³/mol. The molecule has 1 amide bonds. The molecule has 1 fully saturated rings. The number of carbonyl (C=O) groups is 2. The molecule has 2 aromatic rings. The first-order chi connectivity index (χ1) is 12.5. The highest BCUT2D eigenvalue weighted by atomic mass is 19.1. The molecule has 0 heterocycles. The maximum absolute atomic E-state index is 13.0. The maximum Gasteiger partial charge on any atom is 0.342 e. The Morgan fingerprint density at radius 3 is 2.54 bits per heavy atom. The zero-order chi connectivity index (χ0) is 18.5. The lowest BCUT2D eigenvalue weighted by Gasteiger charge is -2.15. The van der Waals surface area contributed by atoms with Gasteiger partial charge in [0.15, 0.2) is 6.10 Å². The molecule has 6 heteroatoms. The predicted octanol–water partition coefficient (Wildman–Crippen LogP) is 3.23. The molecule has 0 bridgehead atoms. The van der Waals surface area contributed by atoms with E-state index >= 15 is 0 Å². The Balaban J connectivity index is 1.62. The van der Waals surface area contributed by atoms with E-state index < -0.39 is 12.1 Å². The zero-order valence-corrected chi connectivity index (χ0v) is 14.4. The highest BCUT2D eigenvalue weighted by molar-refractivity contribution is 5.94. The van der Waals surface area contributed by atoms with Crippen LogP contribution in [0.5, 0.6) is 5.75 Å². The third-order valence-corrected chi connectivity index (χ3v) is 3.99. The van der Waals surface area contributed by atoms with Crippen molar-refractivity contribution in [3.8, 4) is 5.75 Å². The highest BCUT2D eigenvalue weighted by Crippen LogP contribution is 2.22. The minimum atomic E-state index is -0.881. The van der Waals surface area contributed by atoms with E-state index in [1.165, 1.54) is 19.1 Å². The summed E-state index contributed by atoms with van der Waals surface area (Å²) < 4.78 is 23.9. The van der Waals surface area contributed by atoms with Crippen LogP contribution < -0.4 is 10.1 Å². The number of amides is 1. The monoisotopic (exact) mass is 357 g/mol. The van der Waals surface area contributed by atoms with Crippen LogP contribution in [0.3, 0.4) is 0 Å². The largest absolute Gasteiger partial charge is 0.488 e. The quantitative estimate of drug-likeness (QED) is 0.773. The van der Waals surface area contributed by atoms with Crippen molar-refractivity contribution in [3.63, 3.8) is 0 Å². The second kappa shape index (κ2) is 7.99. The van der Waals surface area contributed by atoms with Crippen LogP contribution in [0, 0.1) is 5.82 Å². The van der Waals surface area contributed by atoms with Gasteiger partial charge in [-0.25, -0.2) is 9.18 Å². The molecule has 3 rings (SSSR count). The van der Waals surface area contributed by atoms with Crippen LogP contribution >= 0.6 is 0 Å². The van der Waals surface area contributed by atoms with E-state index in [1.54, 1.807) is 36.4 Å². The van der Waals surface area contributed by atoms with Gasteiger partial charge in [-0.2, -0.15) is 0 Å². The van der Waals surface area contributed by atoms with Crippen LogP contribution in [-0.2, 0) is 16.1 Å². The van der Waals surface area contributed by atoms with E-state index in [4.69, 9.17) is 9.47 Å². The fraction of sp³-hybridized carbons (Fsp3) is 0.300. The molecule has 5 nitrogen and oxygen atoms in total. The summed E-state index contributed by atoms with van der Waals surface area (Å²) in [5.41, 5.74) is 1.01. The first-order valence-corrected chi connectivity index (χ1v) is 8.50. The molecular formula is C20H20FNO4. The van der Waals surface area contributed by atoms with Gasteiger partial charge in [0.05, 0.1) is 0 Å². The van der Waals surface area contributed by atoms with Gasteiger partial charge < -0.3 is 14.8 Å². The third-order valence-electron chi connectivity index (χ3n) is 3.99. The normalized spacial score (nSPS) is 14.4. The lowest BCUT2D eigenvalue weighted by molar-refractivity contribution is -0.129. The smallest absolute Gasteiger partial charge is 0.342 e. The fourth-order valence-electron chi connectivity index (χ4n) is 2.33. The van der Waals surface area contributed by atoms with E-state index in [9.17, 15) is 14.0 Å². The van der Waals surface area contributed by atoms with Crippen molar-refractivity contribution in [1.82, 2.24) is 5.32 Å². The van der Waals surface area contributed by atoms with E-state index in [0.717, 1.165) is 18.4 Å². The number of ether oxygens (including phenoxy) is 2. The number of rotatable bonds is 7. The standard InChI is InChI=1S/C20H20FNO4/c1-13(19(23)22-16-10-11-16)26-20(24)17-4-2-3-5-18(17)25-12-14-6-8-15(21)9-7-14/h2-9,13,16H,10-12H2,1H3,(H,22,23). The molecule has 1 N–H and O–H groups in total. The third kappa shape index (κ3) is 4.81. The molecule has 2 aromatic carbocycles. The van der Waals surface area contributed by atoms with Crippen molar-refractivity contribution >= 4 is 11.9 Å². The minimum Gasteiger partial charge on any atom is -0.488 e. The maximum atomic E-state index is 13.0. The SMILES string of the molecule is CC(OC(=O)c1ccccc1OCc1ccc(F)cc1)C(=O)NC1CC1. The van der Waals surface area contributed by atoms with E-state index in [0.29, 0.717) is 5.75 Å². The van der Waals surface area contributed by atoms with Gasteiger partial charge in [0.1, 0.15) is 23.7 Å². The Kier molecular flexibility index (Phi) is 5.51. The summed E-state index contributed by atoms with van der Waals surface area (Å²) in [5, 5.41) is 2.80. The number of benzene rings is 2. The van der Waals surface area contributed by atoms with Crippen LogP contribution in [-0.4, -0.2) is 24.0 Å². The second-order valence-corrected chi connectivity index (χ2v) is 6.24. The topological polar surface area (TPSA) is 64.6 Å². The van der Waals surface area contributed by atoms with Gasteiger partial charge in [-0.1, -0.05) is 24.3 Å². The first-order valence-electron chi connectivity index (χ1n) is 8.50. The van der Waals surface area contributed by atoms with Crippen LogP contribution in [0.15, 0.2) is 48.5 Å². The molecule has 1 unspecified atom stereocenters. The lowest BCUT2D eigenvalue weighted by atomic mass is 10.2. The molecule has 0 aliphatic heterocycles. The van der Waals surface area contributed by atoms with E-state index in [1.807, 2.05) is 0 Å². The van der Waals surface area contributed by atoms with Gasteiger partial charge in [-0.3, -0.25) is 4.79 Å². The van der Waals surface area contributed by atoms with Crippen LogP contribution in [0.25, 0.3) is 0 Å². The van der Waals surface area contributed by atoms with Crippen molar-refractivity contribution in [2.75, 3.05) is 0 Å². The van der Waals surface area contributed by atoms with Gasteiger partial charge in [0.2, 0.25) is 0 Å². The molecule has 1 aliphatic rings. The summed E-state index contributed by atoms with van der Waals surface area (Å²) in [6.07, 6.45) is 1.05. The van der Waals surface area contributed by atoms with Gasteiger partial charge in [-0.05, 0) is 49.6 Å². The van der Waals surface area contributed by atoms with E-state index in [2.05, 4.69) is 5.32 Å².